The number of likely N-dealkylation sites (tertiary alicyclic amines) is 1. The third-order valence-electron chi connectivity index (χ3n) is 6.33. The van der Waals surface area contributed by atoms with Gasteiger partial charge in [-0.05, 0) is 49.6 Å². The van der Waals surface area contributed by atoms with E-state index in [1.807, 2.05) is 49.5 Å². The van der Waals surface area contributed by atoms with Gasteiger partial charge >= 0.3 is 5.76 Å². The van der Waals surface area contributed by atoms with E-state index in [4.69, 9.17) is 9.40 Å². The van der Waals surface area contributed by atoms with Gasteiger partial charge in [0.15, 0.2) is 5.58 Å². The smallest absolute Gasteiger partial charge is 0.408 e. The number of fused-ring (bicyclic) bond motifs is 1. The molecule has 1 aromatic carbocycles. The van der Waals surface area contributed by atoms with Gasteiger partial charge in [0.1, 0.15) is 0 Å². The van der Waals surface area contributed by atoms with Crippen LogP contribution in [0.1, 0.15) is 36.6 Å². The number of oxazole rings is 1. The van der Waals surface area contributed by atoms with Crippen molar-refractivity contribution in [1.29, 1.82) is 0 Å². The first-order valence-corrected chi connectivity index (χ1v) is 11.3. The predicted octanol–water partition coefficient (Wildman–Crippen LogP) is 3.49. The molecule has 1 saturated heterocycles. The number of carbonyl (C=O) groups excluding carboxylic acids is 1. The Morgan fingerprint density at radius 3 is 2.88 bits per heavy atom. The molecule has 1 fully saturated rings. The molecule has 1 atom stereocenters. The number of nitrogens with zero attached hydrogens (tertiary/aromatic N) is 5. The molecule has 8 heteroatoms. The number of carbonyl (C=O) groups is 1. The van der Waals surface area contributed by atoms with Gasteiger partial charge in [-0.15, -0.1) is 0 Å². The maximum Gasteiger partial charge on any atom is 0.419 e. The van der Waals surface area contributed by atoms with Crippen LogP contribution in [0.5, 0.6) is 0 Å². The van der Waals surface area contributed by atoms with Crippen LogP contribution in [-0.4, -0.2) is 43.2 Å². The van der Waals surface area contributed by atoms with Crippen LogP contribution < -0.4 is 5.76 Å². The summed E-state index contributed by atoms with van der Waals surface area (Å²) in [6.45, 7) is 3.69. The summed E-state index contributed by atoms with van der Waals surface area (Å²) in [5.41, 5.74) is 5.40. The monoisotopic (exact) mass is 445 g/mol. The van der Waals surface area contributed by atoms with E-state index in [2.05, 4.69) is 17.2 Å². The molecule has 0 saturated carbocycles. The fourth-order valence-corrected chi connectivity index (χ4v) is 4.68. The highest BCUT2D eigenvalue weighted by molar-refractivity contribution is 5.77. The summed E-state index contributed by atoms with van der Waals surface area (Å²) in [5.74, 6) is -0.181. The van der Waals surface area contributed by atoms with Gasteiger partial charge in [0.25, 0.3) is 0 Å². The van der Waals surface area contributed by atoms with Crippen molar-refractivity contribution in [2.45, 2.75) is 38.6 Å². The van der Waals surface area contributed by atoms with Crippen molar-refractivity contribution in [2.75, 3.05) is 13.1 Å². The molecule has 0 radical (unpaired) electrons. The Bertz CT molecular complexity index is 1370. The summed E-state index contributed by atoms with van der Waals surface area (Å²) in [5, 5.41) is 4.28. The second-order valence-corrected chi connectivity index (χ2v) is 8.74. The highest BCUT2D eigenvalue weighted by Gasteiger charge is 2.26. The normalized spacial score (nSPS) is 16.4. The number of hydrogen-bond acceptors (Lipinski definition) is 5. The van der Waals surface area contributed by atoms with Crippen LogP contribution in [0.4, 0.5) is 0 Å². The average molecular weight is 446 g/mol. The highest BCUT2D eigenvalue weighted by Crippen LogP contribution is 2.30. The summed E-state index contributed by atoms with van der Waals surface area (Å²) in [7, 11) is 1.91. The maximum absolute atomic E-state index is 13.0. The lowest BCUT2D eigenvalue weighted by molar-refractivity contribution is -0.132. The van der Waals surface area contributed by atoms with Crippen molar-refractivity contribution in [3.8, 4) is 11.1 Å². The molecule has 1 aliphatic heterocycles. The fraction of sp³-hybridized carbons (Fsp3) is 0.360. The van der Waals surface area contributed by atoms with E-state index in [1.54, 1.807) is 10.7 Å². The predicted molar refractivity (Wildman–Crippen MR) is 125 cm³/mol. The summed E-state index contributed by atoms with van der Waals surface area (Å²) in [4.78, 5) is 31.9. The topological polar surface area (TPSA) is 86.2 Å². The number of para-hydroxylation sites is 2. The van der Waals surface area contributed by atoms with E-state index < -0.39 is 5.76 Å². The molecule has 5 rings (SSSR count). The minimum absolute atomic E-state index is 0.0528. The van der Waals surface area contributed by atoms with Crippen LogP contribution in [0.2, 0.25) is 0 Å². The minimum atomic E-state index is -0.424. The molecular formula is C25H27N5O3. The van der Waals surface area contributed by atoms with Crippen LogP contribution >= 0.6 is 0 Å². The van der Waals surface area contributed by atoms with Crippen LogP contribution in [0.3, 0.4) is 0 Å². The third kappa shape index (κ3) is 4.33. The van der Waals surface area contributed by atoms with Crippen molar-refractivity contribution in [1.82, 2.24) is 24.2 Å². The van der Waals surface area contributed by atoms with Gasteiger partial charge in [-0.1, -0.05) is 12.1 Å². The maximum atomic E-state index is 13.0. The van der Waals surface area contributed by atoms with Crippen molar-refractivity contribution >= 4 is 17.0 Å². The van der Waals surface area contributed by atoms with E-state index in [9.17, 15) is 9.59 Å². The number of pyridine rings is 1. The Morgan fingerprint density at radius 2 is 2.06 bits per heavy atom. The number of benzene rings is 1. The lowest BCUT2D eigenvalue weighted by Crippen LogP contribution is -2.39. The summed E-state index contributed by atoms with van der Waals surface area (Å²) >= 11 is 0. The van der Waals surface area contributed by atoms with Crippen LogP contribution in [0.15, 0.2) is 58.0 Å². The molecular weight excluding hydrogens is 418 g/mol. The van der Waals surface area contributed by atoms with Gasteiger partial charge in [0.2, 0.25) is 5.91 Å². The lowest BCUT2D eigenvalue weighted by atomic mass is 9.92. The van der Waals surface area contributed by atoms with Gasteiger partial charge in [0.05, 0.1) is 11.7 Å². The average Bonchev–Trinajstić information content (AvgIpc) is 3.39. The number of aryl methyl sites for hydroxylation is 3. The highest BCUT2D eigenvalue weighted by atomic mass is 16.4. The van der Waals surface area contributed by atoms with E-state index >= 15 is 0 Å². The lowest BCUT2D eigenvalue weighted by Gasteiger charge is -2.33. The van der Waals surface area contributed by atoms with Crippen LogP contribution in [0.25, 0.3) is 22.2 Å². The number of amides is 1. The zero-order chi connectivity index (χ0) is 22.9. The molecule has 4 heterocycles. The number of aromatic nitrogens is 4. The molecule has 0 bridgehead atoms. The molecule has 0 aliphatic carbocycles. The quantitative estimate of drug-likeness (QED) is 0.469. The van der Waals surface area contributed by atoms with Gasteiger partial charge < -0.3 is 9.32 Å². The van der Waals surface area contributed by atoms with Crippen molar-refractivity contribution < 1.29 is 9.21 Å². The minimum Gasteiger partial charge on any atom is -0.408 e. The molecule has 1 unspecified atom stereocenters. The first kappa shape index (κ1) is 21.2. The Hall–Kier alpha value is -3.68. The largest absolute Gasteiger partial charge is 0.419 e. The molecule has 1 amide bonds. The Balaban J connectivity index is 1.30. The van der Waals surface area contributed by atoms with Crippen molar-refractivity contribution in [3.63, 3.8) is 0 Å². The second-order valence-electron chi connectivity index (χ2n) is 8.74. The molecule has 4 aromatic rings. The van der Waals surface area contributed by atoms with Crippen LogP contribution in [-0.2, 0) is 18.4 Å². The first-order chi connectivity index (χ1) is 16.0. The van der Waals surface area contributed by atoms with E-state index in [0.717, 1.165) is 47.4 Å². The Kier molecular flexibility index (Phi) is 5.58. The van der Waals surface area contributed by atoms with Gasteiger partial charge in [-0.3, -0.25) is 19.0 Å². The summed E-state index contributed by atoms with van der Waals surface area (Å²) < 4.78 is 8.61. The first-order valence-electron chi connectivity index (χ1n) is 11.3. The molecule has 170 valence electrons. The standard InChI is InChI=1S/C25H27N5O3/c1-17-12-19(20-14-26-28(2)15-20)13-21(27-17)18-6-5-10-29(16-18)24(31)9-11-30-22-7-3-4-8-23(22)33-25(30)32/h3-4,7-8,12-15,18H,5-6,9-11,16H2,1-2H3. The Labute approximate surface area is 191 Å². The van der Waals surface area contributed by atoms with Crippen molar-refractivity contribution in [2.24, 2.45) is 7.05 Å². The number of hydrogen-bond donors (Lipinski definition) is 0. The molecule has 8 nitrogen and oxygen atoms in total. The SMILES string of the molecule is Cc1cc(-c2cnn(C)c2)cc(C2CCCN(C(=O)CCn3c(=O)oc4ccccc43)C2)n1. The zero-order valence-corrected chi connectivity index (χ0v) is 18.9. The Morgan fingerprint density at radius 1 is 1.21 bits per heavy atom. The van der Waals surface area contributed by atoms with Gasteiger partial charge in [0, 0.05) is 62.2 Å². The van der Waals surface area contributed by atoms with Crippen LogP contribution in [0, 0.1) is 6.92 Å². The van der Waals surface area contributed by atoms with Gasteiger partial charge in [-0.2, -0.15) is 5.10 Å². The zero-order valence-electron chi connectivity index (χ0n) is 18.9. The van der Waals surface area contributed by atoms with E-state index in [-0.39, 0.29) is 18.2 Å². The van der Waals surface area contributed by atoms with E-state index in [1.165, 1.54) is 4.57 Å². The second kappa shape index (κ2) is 8.69. The summed E-state index contributed by atoms with van der Waals surface area (Å²) in [6.07, 6.45) is 6.05. The van der Waals surface area contributed by atoms with E-state index in [0.29, 0.717) is 18.7 Å². The van der Waals surface area contributed by atoms with Gasteiger partial charge in [-0.25, -0.2) is 4.79 Å². The fourth-order valence-electron chi connectivity index (χ4n) is 4.68. The molecule has 3 aromatic heterocycles. The third-order valence-corrected chi connectivity index (χ3v) is 6.33. The number of piperidine rings is 1. The summed E-state index contributed by atoms with van der Waals surface area (Å²) in [6, 6.07) is 11.5. The number of rotatable bonds is 5. The molecule has 0 spiro atoms. The molecule has 33 heavy (non-hydrogen) atoms. The van der Waals surface area contributed by atoms with Crippen molar-refractivity contribution in [3.05, 3.63) is 70.7 Å². The molecule has 0 N–H and O–H groups in total. The molecule has 1 aliphatic rings.